The average molecular weight is 171 g/mol. The van der Waals surface area contributed by atoms with Gasteiger partial charge in [0.2, 0.25) is 0 Å². The molecule has 3 nitrogen and oxygen atoms in total. The standard InChI is InChI=1S/C9H17NO2/c1-7(10-9(11)12)8-5-3-2-4-6-8/h7-8,10H,2-6H2,1H3,(H,11,12). The smallest absolute Gasteiger partial charge is 0.404 e. The van der Waals surface area contributed by atoms with Crippen LogP contribution in [0.25, 0.3) is 0 Å². The molecule has 0 saturated heterocycles. The van der Waals surface area contributed by atoms with Crippen molar-refractivity contribution in [2.24, 2.45) is 5.92 Å². The van der Waals surface area contributed by atoms with E-state index in [0.29, 0.717) is 5.92 Å². The third-order valence-electron chi connectivity index (χ3n) is 2.71. The van der Waals surface area contributed by atoms with Gasteiger partial charge in [0.1, 0.15) is 0 Å². The molecule has 1 aliphatic carbocycles. The van der Waals surface area contributed by atoms with Crippen LogP contribution in [-0.4, -0.2) is 17.2 Å². The molecule has 0 heterocycles. The molecular weight excluding hydrogens is 154 g/mol. The largest absolute Gasteiger partial charge is 0.465 e. The van der Waals surface area contributed by atoms with Crippen molar-refractivity contribution >= 4 is 6.09 Å². The summed E-state index contributed by atoms with van der Waals surface area (Å²) in [6.45, 7) is 1.96. The Kier molecular flexibility index (Phi) is 3.38. The van der Waals surface area contributed by atoms with Crippen LogP contribution in [0.4, 0.5) is 4.79 Å². The van der Waals surface area contributed by atoms with E-state index in [1.807, 2.05) is 6.92 Å². The highest BCUT2D eigenvalue weighted by Crippen LogP contribution is 2.26. The molecule has 2 N–H and O–H groups in total. The molecule has 1 saturated carbocycles. The number of hydrogen-bond acceptors (Lipinski definition) is 1. The van der Waals surface area contributed by atoms with Gasteiger partial charge in [-0.3, -0.25) is 0 Å². The first kappa shape index (κ1) is 9.36. The van der Waals surface area contributed by atoms with Crippen molar-refractivity contribution < 1.29 is 9.90 Å². The zero-order chi connectivity index (χ0) is 8.97. The van der Waals surface area contributed by atoms with Crippen LogP contribution in [0, 0.1) is 5.92 Å². The van der Waals surface area contributed by atoms with E-state index in [9.17, 15) is 4.79 Å². The highest BCUT2D eigenvalue weighted by Gasteiger charge is 2.20. The van der Waals surface area contributed by atoms with E-state index in [0.717, 1.165) is 0 Å². The molecule has 0 aromatic rings. The van der Waals surface area contributed by atoms with E-state index in [1.54, 1.807) is 0 Å². The maximum Gasteiger partial charge on any atom is 0.404 e. The van der Waals surface area contributed by atoms with Crippen LogP contribution in [0.1, 0.15) is 39.0 Å². The number of rotatable bonds is 2. The van der Waals surface area contributed by atoms with Crippen molar-refractivity contribution in [3.05, 3.63) is 0 Å². The van der Waals surface area contributed by atoms with Crippen molar-refractivity contribution in [2.75, 3.05) is 0 Å². The van der Waals surface area contributed by atoms with Crippen molar-refractivity contribution in [1.82, 2.24) is 5.32 Å². The summed E-state index contributed by atoms with van der Waals surface area (Å²) in [4.78, 5) is 10.3. The Hall–Kier alpha value is -0.730. The molecule has 1 fully saturated rings. The summed E-state index contributed by atoms with van der Waals surface area (Å²) in [5.74, 6) is 0.565. The van der Waals surface area contributed by atoms with Crippen LogP contribution in [0.15, 0.2) is 0 Å². The second-order valence-corrected chi connectivity index (χ2v) is 3.64. The van der Waals surface area contributed by atoms with Gasteiger partial charge in [-0.25, -0.2) is 4.79 Å². The van der Waals surface area contributed by atoms with Crippen LogP contribution in [0.2, 0.25) is 0 Å². The zero-order valence-electron chi connectivity index (χ0n) is 7.55. The lowest BCUT2D eigenvalue weighted by molar-refractivity contribution is 0.181. The molecule has 1 amide bonds. The third kappa shape index (κ3) is 2.72. The fraction of sp³-hybridized carbons (Fsp3) is 0.889. The molecule has 0 aromatic heterocycles. The summed E-state index contributed by atoms with van der Waals surface area (Å²) in [6, 6.07) is 0.128. The Balaban J connectivity index is 2.29. The zero-order valence-corrected chi connectivity index (χ0v) is 7.55. The number of nitrogens with one attached hydrogen (secondary N) is 1. The molecule has 1 aliphatic rings. The summed E-state index contributed by atoms with van der Waals surface area (Å²) < 4.78 is 0. The van der Waals surface area contributed by atoms with Crippen molar-refractivity contribution in [1.29, 1.82) is 0 Å². The summed E-state index contributed by atoms with van der Waals surface area (Å²) in [5, 5.41) is 11.0. The number of carbonyl (C=O) groups is 1. The molecule has 1 unspecified atom stereocenters. The van der Waals surface area contributed by atoms with Crippen LogP contribution in [0.5, 0.6) is 0 Å². The normalized spacial score (nSPS) is 21.8. The van der Waals surface area contributed by atoms with E-state index in [-0.39, 0.29) is 6.04 Å². The molecule has 70 valence electrons. The molecule has 0 aliphatic heterocycles. The quantitative estimate of drug-likeness (QED) is 0.669. The minimum atomic E-state index is -0.895. The van der Waals surface area contributed by atoms with Crippen LogP contribution in [0.3, 0.4) is 0 Å². The Morgan fingerprint density at radius 1 is 1.42 bits per heavy atom. The highest BCUT2D eigenvalue weighted by molar-refractivity contribution is 5.64. The van der Waals surface area contributed by atoms with Crippen molar-refractivity contribution in [3.8, 4) is 0 Å². The van der Waals surface area contributed by atoms with E-state index in [4.69, 9.17) is 5.11 Å². The van der Waals surface area contributed by atoms with E-state index in [2.05, 4.69) is 5.32 Å². The predicted octanol–water partition coefficient (Wildman–Crippen LogP) is 2.22. The van der Waals surface area contributed by atoms with Crippen LogP contribution >= 0.6 is 0 Å². The molecule has 0 radical (unpaired) electrons. The summed E-state index contributed by atoms with van der Waals surface area (Å²) in [5.41, 5.74) is 0. The van der Waals surface area contributed by atoms with Gasteiger partial charge in [-0.05, 0) is 25.7 Å². The maximum absolute atomic E-state index is 10.3. The summed E-state index contributed by atoms with van der Waals surface area (Å²) >= 11 is 0. The molecule has 0 aromatic carbocycles. The van der Waals surface area contributed by atoms with Gasteiger partial charge in [0.05, 0.1) is 0 Å². The van der Waals surface area contributed by atoms with Gasteiger partial charge < -0.3 is 10.4 Å². The second kappa shape index (κ2) is 4.33. The summed E-state index contributed by atoms with van der Waals surface area (Å²) in [6.07, 6.45) is 5.30. The Morgan fingerprint density at radius 2 is 2.00 bits per heavy atom. The third-order valence-corrected chi connectivity index (χ3v) is 2.71. The number of hydrogen-bond donors (Lipinski definition) is 2. The van der Waals surface area contributed by atoms with E-state index >= 15 is 0 Å². The fourth-order valence-corrected chi connectivity index (χ4v) is 1.95. The van der Waals surface area contributed by atoms with Gasteiger partial charge in [0.15, 0.2) is 0 Å². The number of amides is 1. The molecule has 3 heteroatoms. The van der Waals surface area contributed by atoms with Crippen molar-refractivity contribution in [2.45, 2.75) is 45.1 Å². The fourth-order valence-electron chi connectivity index (χ4n) is 1.95. The van der Waals surface area contributed by atoms with Gasteiger partial charge in [0.25, 0.3) is 0 Å². The lowest BCUT2D eigenvalue weighted by Gasteiger charge is -2.27. The molecule has 1 atom stereocenters. The van der Waals surface area contributed by atoms with Gasteiger partial charge in [-0.1, -0.05) is 19.3 Å². The highest BCUT2D eigenvalue weighted by atomic mass is 16.4. The second-order valence-electron chi connectivity index (χ2n) is 3.64. The topological polar surface area (TPSA) is 49.3 Å². The van der Waals surface area contributed by atoms with Gasteiger partial charge in [0, 0.05) is 6.04 Å². The first-order chi connectivity index (χ1) is 5.70. The minimum absolute atomic E-state index is 0.128. The Bertz CT molecular complexity index is 153. The molecule has 12 heavy (non-hydrogen) atoms. The SMILES string of the molecule is CC(NC(=O)O)C1CCCCC1. The monoisotopic (exact) mass is 171 g/mol. The first-order valence-corrected chi connectivity index (χ1v) is 4.69. The lowest BCUT2D eigenvalue weighted by Crippen LogP contribution is -2.37. The van der Waals surface area contributed by atoms with E-state index in [1.165, 1.54) is 32.1 Å². The Labute approximate surface area is 73.2 Å². The molecule has 1 rings (SSSR count). The lowest BCUT2D eigenvalue weighted by atomic mass is 9.85. The van der Waals surface area contributed by atoms with Gasteiger partial charge in [-0.2, -0.15) is 0 Å². The Morgan fingerprint density at radius 3 is 2.50 bits per heavy atom. The molecule has 0 spiro atoms. The maximum atomic E-state index is 10.3. The summed E-state index contributed by atoms with van der Waals surface area (Å²) in [7, 11) is 0. The predicted molar refractivity (Wildman–Crippen MR) is 47.2 cm³/mol. The van der Waals surface area contributed by atoms with Gasteiger partial charge >= 0.3 is 6.09 Å². The van der Waals surface area contributed by atoms with Crippen molar-refractivity contribution in [3.63, 3.8) is 0 Å². The first-order valence-electron chi connectivity index (χ1n) is 4.69. The van der Waals surface area contributed by atoms with Gasteiger partial charge in [-0.15, -0.1) is 0 Å². The van der Waals surface area contributed by atoms with Crippen LogP contribution in [-0.2, 0) is 0 Å². The minimum Gasteiger partial charge on any atom is -0.465 e. The van der Waals surface area contributed by atoms with Crippen LogP contribution < -0.4 is 5.32 Å². The molecule has 0 bridgehead atoms. The molecular formula is C9H17NO2. The van der Waals surface area contributed by atoms with E-state index < -0.39 is 6.09 Å². The average Bonchev–Trinajstić information content (AvgIpc) is 2.05. The number of carboxylic acid groups (broad SMARTS) is 1.